The fraction of sp³-hybridized carbons (Fsp3) is 0.250. The van der Waals surface area contributed by atoms with Gasteiger partial charge in [-0.3, -0.25) is 9.78 Å². The van der Waals surface area contributed by atoms with Crippen LogP contribution in [-0.4, -0.2) is 50.1 Å². The first-order chi connectivity index (χ1) is 15.5. The van der Waals surface area contributed by atoms with Gasteiger partial charge in [0.15, 0.2) is 5.65 Å². The molecule has 0 aliphatic heterocycles. The van der Waals surface area contributed by atoms with Crippen molar-refractivity contribution in [3.63, 3.8) is 0 Å². The summed E-state index contributed by atoms with van der Waals surface area (Å²) in [5.41, 5.74) is 3.47. The maximum Gasteiger partial charge on any atom is 0.256 e. The van der Waals surface area contributed by atoms with Crippen molar-refractivity contribution in [1.82, 2.24) is 24.4 Å². The smallest absolute Gasteiger partial charge is 0.256 e. The van der Waals surface area contributed by atoms with E-state index < -0.39 is 0 Å². The third-order valence-electron chi connectivity index (χ3n) is 5.22. The van der Waals surface area contributed by atoms with Gasteiger partial charge >= 0.3 is 0 Å². The molecule has 0 aliphatic carbocycles. The largest absolute Gasteiger partial charge is 0.383 e. The number of hydrogen-bond acceptors (Lipinski definition) is 5. The molecule has 0 saturated carbocycles. The number of imidazole rings is 1. The molecule has 0 aliphatic rings. The fourth-order valence-corrected chi connectivity index (χ4v) is 3.63. The van der Waals surface area contributed by atoms with Crippen LogP contribution in [0.25, 0.3) is 11.2 Å². The number of carbonyl (C=O) groups is 1. The Labute approximate surface area is 185 Å². The highest BCUT2D eigenvalue weighted by molar-refractivity contribution is 5.96. The van der Waals surface area contributed by atoms with Crippen molar-refractivity contribution in [2.75, 3.05) is 13.7 Å². The van der Waals surface area contributed by atoms with E-state index in [1.165, 1.54) is 12.1 Å². The predicted octanol–water partition coefficient (Wildman–Crippen LogP) is 3.69. The number of rotatable bonds is 8. The van der Waals surface area contributed by atoms with Gasteiger partial charge in [-0.25, -0.2) is 14.4 Å². The van der Waals surface area contributed by atoms with Crippen molar-refractivity contribution in [3.8, 4) is 0 Å². The zero-order valence-corrected chi connectivity index (χ0v) is 18.0. The van der Waals surface area contributed by atoms with Gasteiger partial charge in [-0.05, 0) is 42.3 Å². The Balaban J connectivity index is 1.60. The number of nitrogens with zero attached hydrogens (tertiary/aromatic N) is 5. The zero-order chi connectivity index (χ0) is 22.5. The lowest BCUT2D eigenvalue weighted by atomic mass is 10.1. The van der Waals surface area contributed by atoms with Crippen molar-refractivity contribution >= 4 is 17.1 Å². The van der Waals surface area contributed by atoms with Crippen LogP contribution in [0, 0.1) is 5.82 Å². The number of hydrogen-bond donors (Lipinski definition) is 0. The van der Waals surface area contributed by atoms with Gasteiger partial charge in [0, 0.05) is 32.2 Å². The molecule has 0 fully saturated rings. The van der Waals surface area contributed by atoms with Crippen LogP contribution in [0.15, 0.2) is 67.4 Å². The van der Waals surface area contributed by atoms with E-state index in [-0.39, 0.29) is 24.3 Å². The lowest BCUT2D eigenvalue weighted by Crippen LogP contribution is -2.40. The van der Waals surface area contributed by atoms with Gasteiger partial charge in [0.2, 0.25) is 0 Å². The molecule has 1 atom stereocenters. The van der Waals surface area contributed by atoms with Crippen LogP contribution in [0.5, 0.6) is 0 Å². The predicted molar refractivity (Wildman–Crippen MR) is 118 cm³/mol. The Bertz CT molecular complexity index is 1210. The third-order valence-corrected chi connectivity index (χ3v) is 5.22. The molecule has 4 rings (SSSR count). The lowest BCUT2D eigenvalue weighted by molar-refractivity contribution is 0.0541. The highest BCUT2D eigenvalue weighted by atomic mass is 19.1. The second kappa shape index (κ2) is 9.65. The molecule has 32 heavy (non-hydrogen) atoms. The minimum atomic E-state index is -0.337. The zero-order valence-electron chi connectivity index (χ0n) is 18.0. The summed E-state index contributed by atoms with van der Waals surface area (Å²) in [6, 6.07) is 11.6. The SMILES string of the molecule is COCC(C)N(Cc1cccc(F)c1)C(=O)c1cnc2c(c1)ncn2Cc1cccnc1. The number of aromatic nitrogens is 4. The number of carbonyl (C=O) groups excluding carboxylic acids is 1. The number of halogens is 1. The van der Waals surface area contributed by atoms with E-state index in [2.05, 4.69) is 15.0 Å². The Morgan fingerprint density at radius 2 is 2.00 bits per heavy atom. The summed E-state index contributed by atoms with van der Waals surface area (Å²) < 4.78 is 20.8. The molecule has 164 valence electrons. The summed E-state index contributed by atoms with van der Waals surface area (Å²) in [7, 11) is 1.59. The van der Waals surface area contributed by atoms with Crippen LogP contribution in [0.3, 0.4) is 0 Å². The highest BCUT2D eigenvalue weighted by Crippen LogP contribution is 2.18. The molecular formula is C24H24FN5O2. The molecule has 0 radical (unpaired) electrons. The van der Waals surface area contributed by atoms with Crippen LogP contribution in [-0.2, 0) is 17.8 Å². The van der Waals surface area contributed by atoms with Gasteiger partial charge in [0.1, 0.15) is 11.3 Å². The number of methoxy groups -OCH3 is 1. The Kier molecular flexibility index (Phi) is 6.51. The minimum Gasteiger partial charge on any atom is -0.383 e. The second-order valence-electron chi connectivity index (χ2n) is 7.67. The molecule has 0 spiro atoms. The maximum atomic E-state index is 13.7. The van der Waals surface area contributed by atoms with Crippen molar-refractivity contribution in [1.29, 1.82) is 0 Å². The second-order valence-corrected chi connectivity index (χ2v) is 7.67. The number of benzene rings is 1. The Hall–Kier alpha value is -3.65. The fourth-order valence-electron chi connectivity index (χ4n) is 3.63. The summed E-state index contributed by atoms with van der Waals surface area (Å²) in [6.07, 6.45) is 6.79. The molecule has 4 aromatic rings. The molecule has 0 N–H and O–H groups in total. The van der Waals surface area contributed by atoms with Crippen molar-refractivity contribution in [2.45, 2.75) is 26.1 Å². The Morgan fingerprint density at radius 3 is 2.75 bits per heavy atom. The first-order valence-corrected chi connectivity index (χ1v) is 10.3. The summed E-state index contributed by atoms with van der Waals surface area (Å²) >= 11 is 0. The first-order valence-electron chi connectivity index (χ1n) is 10.3. The van der Waals surface area contributed by atoms with Gasteiger partial charge < -0.3 is 14.2 Å². The van der Waals surface area contributed by atoms with Crippen LogP contribution in [0.2, 0.25) is 0 Å². The van der Waals surface area contributed by atoms with Crippen LogP contribution < -0.4 is 0 Å². The number of ether oxygens (including phenoxy) is 1. The average molecular weight is 433 g/mol. The van der Waals surface area contributed by atoms with Crippen LogP contribution in [0.4, 0.5) is 4.39 Å². The molecular weight excluding hydrogens is 409 g/mol. The molecule has 8 heteroatoms. The minimum absolute atomic E-state index is 0.213. The standard InChI is InChI=1S/C24H24FN5O2/c1-17(15-32-2)30(14-18-5-3-7-21(25)9-18)24(31)20-10-22-23(27-12-20)29(16-28-22)13-19-6-4-8-26-11-19/h3-12,16-17H,13-15H2,1-2H3. The number of fused-ring (bicyclic) bond motifs is 1. The molecule has 7 nitrogen and oxygen atoms in total. The first kappa shape index (κ1) is 21.6. The quantitative estimate of drug-likeness (QED) is 0.424. The molecule has 3 aromatic heterocycles. The monoisotopic (exact) mass is 433 g/mol. The number of amides is 1. The van der Waals surface area contributed by atoms with Crippen molar-refractivity contribution in [2.24, 2.45) is 0 Å². The average Bonchev–Trinajstić information content (AvgIpc) is 3.20. The summed E-state index contributed by atoms with van der Waals surface area (Å²) in [6.45, 7) is 3.10. The van der Waals surface area contributed by atoms with Gasteiger partial charge in [0.05, 0.1) is 31.1 Å². The molecule has 0 saturated heterocycles. The molecule has 1 unspecified atom stereocenters. The molecule has 0 bridgehead atoms. The molecule has 1 amide bonds. The van der Waals surface area contributed by atoms with Gasteiger partial charge in [-0.1, -0.05) is 18.2 Å². The number of pyridine rings is 2. The van der Waals surface area contributed by atoms with E-state index in [1.807, 2.05) is 23.6 Å². The van der Waals surface area contributed by atoms with E-state index >= 15 is 0 Å². The normalized spacial score (nSPS) is 12.1. The van der Waals surface area contributed by atoms with Gasteiger partial charge in [-0.15, -0.1) is 0 Å². The van der Waals surface area contributed by atoms with E-state index in [4.69, 9.17) is 4.74 Å². The van der Waals surface area contributed by atoms with Gasteiger partial charge in [-0.2, -0.15) is 0 Å². The van der Waals surface area contributed by atoms with Crippen LogP contribution in [0.1, 0.15) is 28.4 Å². The van der Waals surface area contributed by atoms with Crippen molar-refractivity contribution < 1.29 is 13.9 Å². The summed E-state index contributed by atoms with van der Waals surface area (Å²) in [5.74, 6) is -0.549. The van der Waals surface area contributed by atoms with Crippen molar-refractivity contribution in [3.05, 3.63) is 89.9 Å². The lowest BCUT2D eigenvalue weighted by Gasteiger charge is -2.29. The van der Waals surface area contributed by atoms with E-state index in [9.17, 15) is 9.18 Å². The summed E-state index contributed by atoms with van der Waals surface area (Å²) in [4.78, 5) is 28.1. The maximum absolute atomic E-state index is 13.7. The summed E-state index contributed by atoms with van der Waals surface area (Å²) in [5, 5.41) is 0. The molecule has 3 heterocycles. The third kappa shape index (κ3) is 4.81. The highest BCUT2D eigenvalue weighted by Gasteiger charge is 2.23. The Morgan fingerprint density at radius 1 is 1.16 bits per heavy atom. The van der Waals surface area contributed by atoms with E-state index in [0.717, 1.165) is 5.56 Å². The molecule has 1 aromatic carbocycles. The topological polar surface area (TPSA) is 73.1 Å². The van der Waals surface area contributed by atoms with Crippen LogP contribution >= 0.6 is 0 Å². The van der Waals surface area contributed by atoms with E-state index in [1.54, 1.807) is 55.1 Å². The van der Waals surface area contributed by atoms with Gasteiger partial charge in [0.25, 0.3) is 5.91 Å². The van der Waals surface area contributed by atoms with E-state index in [0.29, 0.717) is 35.4 Å².